The van der Waals surface area contributed by atoms with Crippen LogP contribution < -0.4 is 9.64 Å². The van der Waals surface area contributed by atoms with E-state index >= 15 is 0 Å². The van der Waals surface area contributed by atoms with Crippen molar-refractivity contribution in [1.82, 2.24) is 4.90 Å². The third-order valence-electron chi connectivity index (χ3n) is 5.66. The average molecular weight is 401 g/mol. The summed E-state index contributed by atoms with van der Waals surface area (Å²) in [6.45, 7) is 3.63. The van der Waals surface area contributed by atoms with E-state index in [-0.39, 0.29) is 11.8 Å². The minimum absolute atomic E-state index is 0.334. The highest BCUT2D eigenvalue weighted by Crippen LogP contribution is 2.39. The molecule has 30 heavy (non-hydrogen) atoms. The second kappa shape index (κ2) is 8.03. The van der Waals surface area contributed by atoms with E-state index in [9.17, 15) is 9.59 Å². The monoisotopic (exact) mass is 401 g/mol. The maximum atomic E-state index is 13.6. The zero-order valence-corrected chi connectivity index (χ0v) is 17.1. The minimum atomic E-state index is -0.373. The standard InChI is InChI=1S/C24H23N3O3/c1-16-6-5-13-26(15-16)22-21(19-7-3-4-8-20(19)30-2)23(28)27(24(22)29)18-11-9-17(14-25)10-12-18/h3-4,7-12,16H,5-6,13,15H2,1-2H3. The molecule has 1 atom stereocenters. The summed E-state index contributed by atoms with van der Waals surface area (Å²) in [5.74, 6) is 0.289. The van der Waals surface area contributed by atoms with Crippen LogP contribution in [0, 0.1) is 17.2 Å². The molecule has 6 nitrogen and oxygen atoms in total. The zero-order valence-electron chi connectivity index (χ0n) is 17.1. The molecule has 2 aliphatic rings. The SMILES string of the molecule is COc1ccccc1C1=C(N2CCCC(C)C2)C(=O)N(c2ccc(C#N)cc2)C1=O. The highest BCUT2D eigenvalue weighted by Gasteiger charge is 2.43. The summed E-state index contributed by atoms with van der Waals surface area (Å²) in [6.07, 6.45) is 2.08. The normalized spacial score (nSPS) is 19.3. The van der Waals surface area contributed by atoms with Gasteiger partial charge in [0.25, 0.3) is 11.8 Å². The van der Waals surface area contributed by atoms with Gasteiger partial charge in [-0.05, 0) is 49.1 Å². The first-order chi connectivity index (χ1) is 14.5. The Hall–Kier alpha value is -3.59. The molecule has 1 unspecified atom stereocenters. The van der Waals surface area contributed by atoms with Gasteiger partial charge >= 0.3 is 0 Å². The Labute approximate surface area is 176 Å². The first-order valence-corrected chi connectivity index (χ1v) is 10.1. The van der Waals surface area contributed by atoms with Crippen molar-refractivity contribution in [1.29, 1.82) is 5.26 Å². The second-order valence-corrected chi connectivity index (χ2v) is 7.72. The number of methoxy groups -OCH3 is 1. The van der Waals surface area contributed by atoms with Gasteiger partial charge in [-0.3, -0.25) is 9.59 Å². The van der Waals surface area contributed by atoms with Crippen LogP contribution in [0.1, 0.15) is 30.9 Å². The molecule has 4 rings (SSSR count). The van der Waals surface area contributed by atoms with Gasteiger partial charge in [-0.1, -0.05) is 25.1 Å². The molecule has 1 saturated heterocycles. The molecule has 0 bridgehead atoms. The lowest BCUT2D eigenvalue weighted by atomic mass is 9.97. The number of anilines is 1. The summed E-state index contributed by atoms with van der Waals surface area (Å²) in [5.41, 5.74) is 2.34. The number of carbonyl (C=O) groups is 2. The molecule has 0 N–H and O–H groups in total. The Morgan fingerprint density at radius 2 is 1.80 bits per heavy atom. The lowest BCUT2D eigenvalue weighted by Gasteiger charge is -2.33. The Bertz CT molecular complexity index is 1070. The van der Waals surface area contributed by atoms with Crippen LogP contribution in [0.2, 0.25) is 0 Å². The maximum absolute atomic E-state index is 13.6. The number of ether oxygens (including phenoxy) is 1. The lowest BCUT2D eigenvalue weighted by Crippen LogP contribution is -2.39. The predicted octanol–water partition coefficient (Wildman–Crippen LogP) is 3.58. The van der Waals surface area contributed by atoms with Crippen molar-refractivity contribution < 1.29 is 14.3 Å². The van der Waals surface area contributed by atoms with E-state index in [1.807, 2.05) is 23.1 Å². The van der Waals surface area contributed by atoms with Crippen LogP contribution in [-0.4, -0.2) is 36.9 Å². The fourth-order valence-electron chi connectivity index (χ4n) is 4.22. The number of imide groups is 1. The fraction of sp³-hybridized carbons (Fsp3) is 0.292. The van der Waals surface area contributed by atoms with Crippen molar-refractivity contribution in [3.8, 4) is 11.8 Å². The number of para-hydroxylation sites is 1. The quantitative estimate of drug-likeness (QED) is 0.732. The van der Waals surface area contributed by atoms with Gasteiger partial charge in [-0.25, -0.2) is 4.90 Å². The van der Waals surface area contributed by atoms with Gasteiger partial charge in [-0.15, -0.1) is 0 Å². The number of carbonyl (C=O) groups excluding carboxylic acids is 2. The molecule has 2 aromatic rings. The van der Waals surface area contributed by atoms with Crippen molar-refractivity contribution in [2.75, 3.05) is 25.1 Å². The number of benzene rings is 2. The number of hydrogen-bond donors (Lipinski definition) is 0. The number of nitrogens with zero attached hydrogens (tertiary/aromatic N) is 3. The third kappa shape index (κ3) is 3.33. The molecule has 2 amide bonds. The Morgan fingerprint density at radius 1 is 1.07 bits per heavy atom. The molecule has 0 radical (unpaired) electrons. The largest absolute Gasteiger partial charge is 0.496 e. The van der Waals surface area contributed by atoms with Crippen LogP contribution in [-0.2, 0) is 9.59 Å². The van der Waals surface area contributed by atoms with E-state index in [0.29, 0.717) is 39.8 Å². The van der Waals surface area contributed by atoms with Gasteiger partial charge in [-0.2, -0.15) is 5.26 Å². The Morgan fingerprint density at radius 3 is 2.47 bits per heavy atom. The highest BCUT2D eigenvalue weighted by molar-refractivity contribution is 6.45. The van der Waals surface area contributed by atoms with E-state index < -0.39 is 0 Å². The smallest absolute Gasteiger partial charge is 0.282 e. The van der Waals surface area contributed by atoms with E-state index in [4.69, 9.17) is 10.00 Å². The van der Waals surface area contributed by atoms with Crippen molar-refractivity contribution >= 4 is 23.1 Å². The number of nitriles is 1. The number of likely N-dealkylation sites (tertiary alicyclic amines) is 1. The number of hydrogen-bond acceptors (Lipinski definition) is 5. The van der Waals surface area contributed by atoms with Crippen LogP contribution >= 0.6 is 0 Å². The van der Waals surface area contributed by atoms with Crippen LogP contribution in [0.5, 0.6) is 5.75 Å². The van der Waals surface area contributed by atoms with Gasteiger partial charge < -0.3 is 9.64 Å². The van der Waals surface area contributed by atoms with Gasteiger partial charge in [0.05, 0.1) is 30.0 Å². The molecule has 6 heteroatoms. The molecule has 0 aliphatic carbocycles. The topological polar surface area (TPSA) is 73.6 Å². The molecule has 2 aliphatic heterocycles. The van der Waals surface area contributed by atoms with Crippen molar-refractivity contribution in [3.05, 3.63) is 65.4 Å². The Balaban J connectivity index is 1.85. The summed E-state index contributed by atoms with van der Waals surface area (Å²) in [7, 11) is 1.56. The van der Waals surface area contributed by atoms with Crippen LogP contribution in [0.3, 0.4) is 0 Å². The first-order valence-electron chi connectivity index (χ1n) is 10.1. The van der Waals surface area contributed by atoms with Gasteiger partial charge in [0.1, 0.15) is 11.4 Å². The average Bonchev–Trinajstić information content (AvgIpc) is 3.03. The molecular weight excluding hydrogens is 378 g/mol. The van der Waals surface area contributed by atoms with Crippen molar-refractivity contribution in [3.63, 3.8) is 0 Å². The molecule has 0 spiro atoms. The predicted molar refractivity (Wildman–Crippen MR) is 114 cm³/mol. The van der Waals surface area contributed by atoms with Gasteiger partial charge in [0.2, 0.25) is 0 Å². The van der Waals surface area contributed by atoms with E-state index in [1.165, 1.54) is 4.90 Å². The van der Waals surface area contributed by atoms with Crippen molar-refractivity contribution in [2.24, 2.45) is 5.92 Å². The fourth-order valence-corrected chi connectivity index (χ4v) is 4.22. The van der Waals surface area contributed by atoms with Crippen LogP contribution in [0.25, 0.3) is 5.57 Å². The zero-order chi connectivity index (χ0) is 21.3. The molecule has 2 aromatic carbocycles. The molecule has 1 fully saturated rings. The van der Waals surface area contributed by atoms with Crippen LogP contribution in [0.15, 0.2) is 54.2 Å². The van der Waals surface area contributed by atoms with E-state index in [1.54, 1.807) is 37.4 Å². The maximum Gasteiger partial charge on any atom is 0.282 e. The van der Waals surface area contributed by atoms with Crippen molar-refractivity contribution in [2.45, 2.75) is 19.8 Å². The van der Waals surface area contributed by atoms with Gasteiger partial charge in [0, 0.05) is 18.7 Å². The summed E-state index contributed by atoms with van der Waals surface area (Å²) in [5, 5.41) is 9.06. The number of rotatable bonds is 4. The van der Waals surface area contributed by atoms with Crippen LogP contribution in [0.4, 0.5) is 5.69 Å². The highest BCUT2D eigenvalue weighted by atomic mass is 16.5. The molecule has 0 aromatic heterocycles. The lowest BCUT2D eigenvalue weighted by molar-refractivity contribution is -0.120. The molecule has 2 heterocycles. The molecule has 0 saturated carbocycles. The summed E-state index contributed by atoms with van der Waals surface area (Å²) < 4.78 is 5.50. The molecular formula is C24H23N3O3. The number of piperidine rings is 1. The summed E-state index contributed by atoms with van der Waals surface area (Å²) in [4.78, 5) is 30.4. The molecule has 152 valence electrons. The van der Waals surface area contributed by atoms with E-state index in [2.05, 4.69) is 13.0 Å². The van der Waals surface area contributed by atoms with E-state index in [0.717, 1.165) is 25.9 Å². The minimum Gasteiger partial charge on any atom is -0.496 e. The number of amides is 2. The van der Waals surface area contributed by atoms with Gasteiger partial charge in [0.15, 0.2) is 0 Å². The Kier molecular flexibility index (Phi) is 5.28. The third-order valence-corrected chi connectivity index (χ3v) is 5.66. The first kappa shape index (κ1) is 19.7. The summed E-state index contributed by atoms with van der Waals surface area (Å²) in [6, 6.07) is 15.8. The second-order valence-electron chi connectivity index (χ2n) is 7.72. The summed E-state index contributed by atoms with van der Waals surface area (Å²) >= 11 is 0.